The van der Waals surface area contributed by atoms with E-state index < -0.39 is 18.0 Å². The van der Waals surface area contributed by atoms with Crippen molar-refractivity contribution in [1.82, 2.24) is 35.2 Å². The average Bonchev–Trinajstić information content (AvgIpc) is 3.64. The van der Waals surface area contributed by atoms with Crippen molar-refractivity contribution >= 4 is 52.3 Å². The van der Waals surface area contributed by atoms with Crippen LogP contribution in [0.2, 0.25) is 5.02 Å². The van der Waals surface area contributed by atoms with Gasteiger partial charge in [-0.3, -0.25) is 19.8 Å². The Morgan fingerprint density at radius 1 is 1.23 bits per heavy atom. The summed E-state index contributed by atoms with van der Waals surface area (Å²) in [7, 11) is 1.51. The van der Waals surface area contributed by atoms with Crippen LogP contribution in [0.5, 0.6) is 0 Å². The summed E-state index contributed by atoms with van der Waals surface area (Å²) in [6.07, 6.45) is 5.51. The lowest BCUT2D eigenvalue weighted by molar-refractivity contribution is -0.122. The highest BCUT2D eigenvalue weighted by atomic mass is 35.5. The van der Waals surface area contributed by atoms with Crippen LogP contribution in [-0.2, 0) is 4.79 Å². The number of rotatable bonds is 10. The monoisotopic (exact) mass is 574 g/mol. The van der Waals surface area contributed by atoms with E-state index in [0.29, 0.717) is 54.5 Å². The van der Waals surface area contributed by atoms with Gasteiger partial charge in [-0.25, -0.2) is 9.97 Å². The van der Waals surface area contributed by atoms with Crippen LogP contribution in [0, 0.1) is 5.41 Å². The SMILES string of the molecule is CNC(=O)[C@H](CCCCNC(=N)N)NC(=O)c1csc([C@@H]2C[C@@H](N)CN2C(=O)c2cn3cc(Cl)ccc3n2)n1. The Morgan fingerprint density at radius 2 is 2.03 bits per heavy atom. The van der Waals surface area contributed by atoms with Crippen LogP contribution in [0.15, 0.2) is 29.9 Å². The van der Waals surface area contributed by atoms with E-state index in [9.17, 15) is 14.4 Å². The fourth-order valence-corrected chi connectivity index (χ4v) is 5.55. The number of halogens is 1. The number of aromatic nitrogens is 3. The van der Waals surface area contributed by atoms with Crippen LogP contribution in [0.25, 0.3) is 5.65 Å². The summed E-state index contributed by atoms with van der Waals surface area (Å²) in [5.74, 6) is -1.19. The molecule has 39 heavy (non-hydrogen) atoms. The van der Waals surface area contributed by atoms with Crippen molar-refractivity contribution in [2.24, 2.45) is 11.5 Å². The molecule has 0 aromatic carbocycles. The Morgan fingerprint density at radius 3 is 2.77 bits per heavy atom. The summed E-state index contributed by atoms with van der Waals surface area (Å²) in [5.41, 5.74) is 12.5. The molecule has 4 rings (SSSR count). The van der Waals surface area contributed by atoms with Gasteiger partial charge in [0, 0.05) is 44.0 Å². The zero-order chi connectivity index (χ0) is 28.1. The number of likely N-dealkylation sites (tertiary alicyclic amines) is 1. The van der Waals surface area contributed by atoms with Crippen molar-refractivity contribution in [2.75, 3.05) is 20.1 Å². The first-order valence-electron chi connectivity index (χ1n) is 12.4. The van der Waals surface area contributed by atoms with E-state index >= 15 is 0 Å². The Bertz CT molecular complexity index is 1380. The molecule has 0 radical (unpaired) electrons. The highest BCUT2D eigenvalue weighted by Gasteiger charge is 2.38. The number of nitrogens with two attached hydrogens (primary N) is 2. The summed E-state index contributed by atoms with van der Waals surface area (Å²) in [6.45, 7) is 0.830. The van der Waals surface area contributed by atoms with Gasteiger partial charge in [0.2, 0.25) is 5.91 Å². The molecular weight excluding hydrogens is 544 g/mol. The summed E-state index contributed by atoms with van der Waals surface area (Å²) in [5, 5.41) is 17.9. The van der Waals surface area contributed by atoms with Crippen molar-refractivity contribution < 1.29 is 14.4 Å². The smallest absolute Gasteiger partial charge is 0.274 e. The van der Waals surface area contributed by atoms with Gasteiger partial charge in [-0.15, -0.1) is 11.3 Å². The van der Waals surface area contributed by atoms with Gasteiger partial charge in [0.05, 0.1) is 11.1 Å². The predicted molar refractivity (Wildman–Crippen MR) is 148 cm³/mol. The highest BCUT2D eigenvalue weighted by molar-refractivity contribution is 7.09. The maximum absolute atomic E-state index is 13.4. The zero-order valence-electron chi connectivity index (χ0n) is 21.3. The van der Waals surface area contributed by atoms with E-state index in [0.717, 1.165) is 0 Å². The van der Waals surface area contributed by atoms with Crippen LogP contribution < -0.4 is 27.4 Å². The molecule has 3 amide bonds. The molecule has 208 valence electrons. The fraction of sp³-hybridized carbons (Fsp3) is 0.417. The van der Waals surface area contributed by atoms with E-state index in [1.54, 1.807) is 39.2 Å². The summed E-state index contributed by atoms with van der Waals surface area (Å²) in [6, 6.07) is 2.03. The zero-order valence-corrected chi connectivity index (χ0v) is 22.9. The van der Waals surface area contributed by atoms with Crippen LogP contribution in [0.3, 0.4) is 0 Å². The quantitative estimate of drug-likeness (QED) is 0.116. The van der Waals surface area contributed by atoms with Crippen LogP contribution in [0.4, 0.5) is 0 Å². The number of hydrogen-bond donors (Lipinski definition) is 6. The lowest BCUT2D eigenvalue weighted by atomic mass is 10.1. The number of hydrogen-bond acceptors (Lipinski definition) is 8. The summed E-state index contributed by atoms with van der Waals surface area (Å²) in [4.78, 5) is 49.3. The third kappa shape index (κ3) is 6.82. The lowest BCUT2D eigenvalue weighted by Gasteiger charge is -2.22. The van der Waals surface area contributed by atoms with Crippen molar-refractivity contribution in [2.45, 2.75) is 43.8 Å². The number of nitrogens with zero attached hydrogens (tertiary/aromatic N) is 4. The fourth-order valence-electron chi connectivity index (χ4n) is 4.46. The van der Waals surface area contributed by atoms with Gasteiger partial charge in [-0.05, 0) is 37.8 Å². The van der Waals surface area contributed by atoms with Crippen molar-refractivity contribution in [3.8, 4) is 0 Å². The Kier molecular flexibility index (Phi) is 8.99. The number of fused-ring (bicyclic) bond motifs is 1. The molecule has 3 aromatic rings. The molecule has 3 aromatic heterocycles. The number of likely N-dealkylation sites (N-methyl/N-ethyl adjacent to an activating group) is 1. The molecule has 0 spiro atoms. The van der Waals surface area contributed by atoms with E-state index in [4.69, 9.17) is 28.5 Å². The van der Waals surface area contributed by atoms with Gasteiger partial charge in [0.25, 0.3) is 11.8 Å². The summed E-state index contributed by atoms with van der Waals surface area (Å²) < 4.78 is 1.69. The Labute approximate surface area is 233 Å². The van der Waals surface area contributed by atoms with Crippen LogP contribution in [0.1, 0.15) is 57.7 Å². The molecular formula is C24H31ClN10O3S. The molecule has 4 heterocycles. The predicted octanol–water partition coefficient (Wildman–Crippen LogP) is 0.856. The molecule has 0 aliphatic carbocycles. The van der Waals surface area contributed by atoms with E-state index in [2.05, 4.69) is 25.9 Å². The van der Waals surface area contributed by atoms with Gasteiger partial charge < -0.3 is 36.7 Å². The van der Waals surface area contributed by atoms with Crippen molar-refractivity contribution in [3.05, 3.63) is 51.3 Å². The maximum atomic E-state index is 13.4. The number of carbonyl (C=O) groups is 3. The van der Waals surface area contributed by atoms with Crippen LogP contribution in [-0.4, -0.2) is 75.2 Å². The first kappa shape index (κ1) is 28.3. The molecule has 1 aliphatic heterocycles. The number of imidazole rings is 1. The standard InChI is InChI=1S/C24H31ClN10O3S/c1-29-20(36)15(4-2-3-7-30-24(27)28)32-21(37)17-12-39-22(33-17)18-8-14(26)10-35(18)23(38)16-11-34-9-13(25)5-6-19(34)31-16/h5-6,9,11-12,14-15,18H,2-4,7-8,10,26H2,1H3,(H,29,36)(H,32,37)(H4,27,28,30)/t14-,15+,18+/m1/s1. The minimum atomic E-state index is -0.744. The number of amides is 3. The molecule has 0 saturated carbocycles. The normalized spacial score (nSPS) is 17.7. The number of unbranched alkanes of at least 4 members (excludes halogenated alkanes) is 1. The minimum absolute atomic E-state index is 0.114. The Hall–Kier alpha value is -3.75. The van der Waals surface area contributed by atoms with Gasteiger partial charge in [-0.1, -0.05) is 11.6 Å². The van der Waals surface area contributed by atoms with Gasteiger partial charge in [0.15, 0.2) is 5.96 Å². The Balaban J connectivity index is 1.43. The number of pyridine rings is 1. The van der Waals surface area contributed by atoms with Crippen LogP contribution >= 0.6 is 22.9 Å². The molecule has 1 saturated heterocycles. The minimum Gasteiger partial charge on any atom is -0.370 e. The van der Waals surface area contributed by atoms with E-state index in [1.165, 1.54) is 18.4 Å². The number of nitrogens with one attached hydrogen (secondary N) is 4. The number of thiazole rings is 1. The second kappa shape index (κ2) is 12.4. The van der Waals surface area contributed by atoms with E-state index in [-0.39, 0.29) is 35.2 Å². The number of carbonyl (C=O) groups excluding carboxylic acids is 3. The highest BCUT2D eigenvalue weighted by Crippen LogP contribution is 2.34. The second-order valence-corrected chi connectivity index (χ2v) is 10.6. The van der Waals surface area contributed by atoms with Crippen molar-refractivity contribution in [3.63, 3.8) is 0 Å². The van der Waals surface area contributed by atoms with Gasteiger partial charge >= 0.3 is 0 Å². The largest absolute Gasteiger partial charge is 0.370 e. The number of guanidine groups is 1. The van der Waals surface area contributed by atoms with Crippen molar-refractivity contribution in [1.29, 1.82) is 5.41 Å². The lowest BCUT2D eigenvalue weighted by Crippen LogP contribution is -2.45. The molecule has 15 heteroatoms. The third-order valence-electron chi connectivity index (χ3n) is 6.37. The van der Waals surface area contributed by atoms with Gasteiger partial charge in [-0.2, -0.15) is 0 Å². The molecule has 8 N–H and O–H groups in total. The first-order chi connectivity index (χ1) is 18.7. The maximum Gasteiger partial charge on any atom is 0.274 e. The molecule has 1 fully saturated rings. The average molecular weight is 575 g/mol. The molecule has 0 unspecified atom stereocenters. The van der Waals surface area contributed by atoms with Gasteiger partial charge in [0.1, 0.15) is 28.1 Å². The van der Waals surface area contributed by atoms with E-state index in [1.807, 2.05) is 0 Å². The molecule has 1 aliphatic rings. The third-order valence-corrected chi connectivity index (χ3v) is 7.54. The molecule has 0 bridgehead atoms. The summed E-state index contributed by atoms with van der Waals surface area (Å²) >= 11 is 7.32. The topological polar surface area (TPSA) is 197 Å². The molecule has 13 nitrogen and oxygen atoms in total. The molecule has 3 atom stereocenters. The second-order valence-electron chi connectivity index (χ2n) is 9.26. The first-order valence-corrected chi connectivity index (χ1v) is 13.7.